The molecule has 3 aromatic heterocycles. The topological polar surface area (TPSA) is 75.9 Å². The normalized spacial score (nSPS) is 11.1. The summed E-state index contributed by atoms with van der Waals surface area (Å²) < 4.78 is 1.61. The van der Waals surface area contributed by atoms with Crippen molar-refractivity contribution in [2.24, 2.45) is 0 Å². The summed E-state index contributed by atoms with van der Waals surface area (Å²) >= 11 is 1.62. The summed E-state index contributed by atoms with van der Waals surface area (Å²) in [5.41, 5.74) is 2.11. The molecular formula is C19H24N6OS. The second kappa shape index (κ2) is 8.88. The molecule has 8 heteroatoms. The van der Waals surface area contributed by atoms with Crippen molar-refractivity contribution in [2.75, 3.05) is 26.2 Å². The zero-order chi connectivity index (χ0) is 19.2. The van der Waals surface area contributed by atoms with Gasteiger partial charge in [0, 0.05) is 19.3 Å². The second-order valence-corrected chi connectivity index (χ2v) is 7.01. The number of carbonyl (C=O) groups excluding carboxylic acids is 1. The highest BCUT2D eigenvalue weighted by molar-refractivity contribution is 7.13. The lowest BCUT2D eigenvalue weighted by Crippen LogP contribution is -2.34. The van der Waals surface area contributed by atoms with Crippen LogP contribution in [0, 0.1) is 6.92 Å². The molecule has 0 aliphatic carbocycles. The molecule has 3 aromatic rings. The van der Waals surface area contributed by atoms with Gasteiger partial charge < -0.3 is 10.2 Å². The lowest BCUT2D eigenvalue weighted by molar-refractivity contribution is 0.0948. The number of thiophene rings is 1. The molecule has 0 saturated heterocycles. The summed E-state index contributed by atoms with van der Waals surface area (Å²) in [5, 5.41) is 9.30. The van der Waals surface area contributed by atoms with Gasteiger partial charge >= 0.3 is 0 Å². The Morgan fingerprint density at radius 3 is 2.81 bits per heavy atom. The van der Waals surface area contributed by atoms with Gasteiger partial charge in [0.25, 0.3) is 11.9 Å². The molecule has 3 heterocycles. The number of hydrogen-bond acceptors (Lipinski definition) is 6. The Kier molecular flexibility index (Phi) is 6.31. The highest BCUT2D eigenvalue weighted by atomic mass is 32.1. The summed E-state index contributed by atoms with van der Waals surface area (Å²) in [7, 11) is 0. The third kappa shape index (κ3) is 4.40. The molecule has 1 amide bonds. The van der Waals surface area contributed by atoms with Crippen molar-refractivity contribution in [3.63, 3.8) is 0 Å². The number of aromatic nitrogens is 4. The van der Waals surface area contributed by atoms with E-state index >= 15 is 0 Å². The fourth-order valence-electron chi connectivity index (χ4n) is 2.81. The van der Waals surface area contributed by atoms with E-state index in [0.29, 0.717) is 18.1 Å². The van der Waals surface area contributed by atoms with Gasteiger partial charge in [0.1, 0.15) is 0 Å². The van der Waals surface area contributed by atoms with Gasteiger partial charge in [0.15, 0.2) is 0 Å². The Balaban J connectivity index is 1.74. The molecule has 0 aliphatic rings. The molecule has 0 atom stereocenters. The maximum atomic E-state index is 12.5. The fraction of sp³-hybridized carbons (Fsp3) is 0.368. The first-order chi connectivity index (χ1) is 13.1. The monoisotopic (exact) mass is 384 g/mol. The molecule has 3 rings (SSSR count). The molecule has 0 bridgehead atoms. The predicted molar refractivity (Wildman–Crippen MR) is 107 cm³/mol. The van der Waals surface area contributed by atoms with Crippen molar-refractivity contribution in [1.29, 1.82) is 0 Å². The van der Waals surface area contributed by atoms with E-state index in [2.05, 4.69) is 39.1 Å². The van der Waals surface area contributed by atoms with E-state index in [1.54, 1.807) is 28.4 Å². The molecule has 0 aliphatic heterocycles. The second-order valence-electron chi connectivity index (χ2n) is 6.06. The zero-order valence-corrected chi connectivity index (χ0v) is 16.7. The Morgan fingerprint density at radius 2 is 2.11 bits per heavy atom. The average molecular weight is 385 g/mol. The molecule has 142 valence electrons. The molecular weight excluding hydrogens is 360 g/mol. The summed E-state index contributed by atoms with van der Waals surface area (Å²) in [6.07, 6.45) is 3.28. The van der Waals surface area contributed by atoms with Gasteiger partial charge in [-0.25, -0.2) is 14.6 Å². The molecule has 0 aromatic carbocycles. The van der Waals surface area contributed by atoms with E-state index in [9.17, 15) is 4.79 Å². The van der Waals surface area contributed by atoms with Gasteiger partial charge in [-0.2, -0.15) is 5.10 Å². The number of hydrogen-bond donors (Lipinski definition) is 1. The molecule has 7 nitrogen and oxygen atoms in total. The van der Waals surface area contributed by atoms with Gasteiger partial charge in [-0.05, 0) is 37.5 Å². The number of carbonyl (C=O) groups is 1. The van der Waals surface area contributed by atoms with Crippen LogP contribution in [0.25, 0.3) is 16.5 Å². The lowest BCUT2D eigenvalue weighted by Gasteiger charge is -2.17. The molecule has 0 radical (unpaired) electrons. The van der Waals surface area contributed by atoms with E-state index in [1.165, 1.54) is 0 Å². The van der Waals surface area contributed by atoms with Crippen LogP contribution >= 0.6 is 11.3 Å². The van der Waals surface area contributed by atoms with E-state index in [0.717, 1.165) is 35.9 Å². The van der Waals surface area contributed by atoms with Crippen LogP contribution in [0.2, 0.25) is 0 Å². The summed E-state index contributed by atoms with van der Waals surface area (Å²) in [5.74, 6) is 0.334. The van der Waals surface area contributed by atoms with Gasteiger partial charge in [0.2, 0.25) is 0 Å². The van der Waals surface area contributed by atoms with Crippen LogP contribution < -0.4 is 5.32 Å². The predicted octanol–water partition coefficient (Wildman–Crippen LogP) is 2.77. The molecule has 0 unspecified atom stereocenters. The van der Waals surface area contributed by atoms with Crippen LogP contribution in [0.15, 0.2) is 36.0 Å². The van der Waals surface area contributed by atoms with Crippen LogP contribution in [-0.4, -0.2) is 56.7 Å². The van der Waals surface area contributed by atoms with Crippen molar-refractivity contribution in [2.45, 2.75) is 20.8 Å². The Labute approximate surface area is 163 Å². The molecule has 27 heavy (non-hydrogen) atoms. The average Bonchev–Trinajstić information content (AvgIpc) is 3.35. The number of nitrogens with zero attached hydrogens (tertiary/aromatic N) is 5. The standard InChI is InChI=1S/C19H24N6OS/c1-4-24(5-2)11-10-20-18(26)15-13-22-25(14(15)3)19-21-9-8-16(23-19)17-7-6-12-27-17/h6-9,12-13H,4-5,10-11H2,1-3H3,(H,20,26). The van der Waals surface area contributed by atoms with Crippen molar-refractivity contribution >= 4 is 17.2 Å². The first-order valence-corrected chi connectivity index (χ1v) is 9.94. The number of nitrogens with one attached hydrogen (secondary N) is 1. The van der Waals surface area contributed by atoms with Crippen LogP contribution in [0.1, 0.15) is 29.9 Å². The van der Waals surface area contributed by atoms with Gasteiger partial charge in [-0.15, -0.1) is 11.3 Å². The smallest absolute Gasteiger partial charge is 0.254 e. The minimum Gasteiger partial charge on any atom is -0.351 e. The van der Waals surface area contributed by atoms with Crippen LogP contribution in [0.5, 0.6) is 0 Å². The van der Waals surface area contributed by atoms with Crippen molar-refractivity contribution in [1.82, 2.24) is 30.0 Å². The summed E-state index contributed by atoms with van der Waals surface area (Å²) in [6, 6.07) is 5.87. The van der Waals surface area contributed by atoms with Gasteiger partial charge in [0.05, 0.1) is 28.0 Å². The Hall–Kier alpha value is -2.58. The Morgan fingerprint density at radius 1 is 1.30 bits per heavy atom. The Bertz CT molecular complexity index is 886. The van der Waals surface area contributed by atoms with E-state index in [1.807, 2.05) is 30.5 Å². The quantitative estimate of drug-likeness (QED) is 0.646. The van der Waals surface area contributed by atoms with E-state index in [-0.39, 0.29) is 5.91 Å². The lowest BCUT2D eigenvalue weighted by atomic mass is 10.2. The van der Waals surface area contributed by atoms with Crippen LogP contribution in [0.4, 0.5) is 0 Å². The SMILES string of the molecule is CCN(CC)CCNC(=O)c1cnn(-c2nccc(-c3cccs3)n2)c1C. The van der Waals surface area contributed by atoms with E-state index in [4.69, 9.17) is 0 Å². The third-order valence-corrected chi connectivity index (χ3v) is 5.36. The zero-order valence-electron chi connectivity index (χ0n) is 15.8. The van der Waals surface area contributed by atoms with Crippen molar-refractivity contribution in [3.8, 4) is 16.5 Å². The van der Waals surface area contributed by atoms with E-state index < -0.39 is 0 Å². The molecule has 0 spiro atoms. The molecule has 1 N–H and O–H groups in total. The van der Waals surface area contributed by atoms with Gasteiger partial charge in [-0.3, -0.25) is 4.79 Å². The summed E-state index contributed by atoms with van der Waals surface area (Å²) in [6.45, 7) is 9.47. The number of amides is 1. The minimum absolute atomic E-state index is 0.125. The fourth-order valence-corrected chi connectivity index (χ4v) is 3.50. The van der Waals surface area contributed by atoms with Crippen molar-refractivity contribution < 1.29 is 4.79 Å². The maximum absolute atomic E-state index is 12.5. The largest absolute Gasteiger partial charge is 0.351 e. The highest BCUT2D eigenvalue weighted by Gasteiger charge is 2.17. The first-order valence-electron chi connectivity index (χ1n) is 9.06. The van der Waals surface area contributed by atoms with Crippen LogP contribution in [-0.2, 0) is 0 Å². The molecule has 0 fully saturated rings. The van der Waals surface area contributed by atoms with Gasteiger partial charge in [-0.1, -0.05) is 19.9 Å². The number of likely N-dealkylation sites (N-methyl/N-ethyl adjacent to an activating group) is 1. The first kappa shape index (κ1) is 19.2. The minimum atomic E-state index is -0.125. The molecule has 0 saturated carbocycles. The van der Waals surface area contributed by atoms with Crippen LogP contribution in [0.3, 0.4) is 0 Å². The maximum Gasteiger partial charge on any atom is 0.254 e. The highest BCUT2D eigenvalue weighted by Crippen LogP contribution is 2.23. The van der Waals surface area contributed by atoms with Crippen molar-refractivity contribution in [3.05, 3.63) is 47.2 Å². The summed E-state index contributed by atoms with van der Waals surface area (Å²) in [4.78, 5) is 24.7. The third-order valence-electron chi connectivity index (χ3n) is 4.47. The number of rotatable bonds is 8.